The van der Waals surface area contributed by atoms with Gasteiger partial charge in [-0.25, -0.2) is 0 Å². The van der Waals surface area contributed by atoms with Crippen LogP contribution in [-0.4, -0.2) is 15.4 Å². The molecule has 1 aromatic heterocycles. The predicted molar refractivity (Wildman–Crippen MR) is 92.7 cm³/mol. The molecule has 1 aliphatic heterocycles. The number of non-ortho nitro benzene ring substituents is 1. The van der Waals surface area contributed by atoms with E-state index < -0.39 is 11.1 Å². The van der Waals surface area contributed by atoms with E-state index in [2.05, 4.69) is 10.6 Å². The standard InChI is InChI=1S/C18H14N4O3/c23-18-14-4-1-2-5-15(14)19-17(20-18)16-6-3-11-21(16)12-7-9-13(10-8-12)22(24)25/h1-11,17,19H,(H,20,23)/t17-/m0/s1. The van der Waals surface area contributed by atoms with E-state index in [0.29, 0.717) is 5.56 Å². The summed E-state index contributed by atoms with van der Waals surface area (Å²) in [6, 6.07) is 17.4. The molecule has 0 fully saturated rings. The Balaban J connectivity index is 1.69. The molecule has 0 saturated heterocycles. The zero-order chi connectivity index (χ0) is 17.4. The van der Waals surface area contributed by atoms with Gasteiger partial charge in [-0.3, -0.25) is 14.9 Å². The Morgan fingerprint density at radius 2 is 1.72 bits per heavy atom. The number of aromatic nitrogens is 1. The van der Waals surface area contributed by atoms with Crippen LogP contribution in [-0.2, 0) is 0 Å². The van der Waals surface area contributed by atoms with E-state index in [9.17, 15) is 14.9 Å². The lowest BCUT2D eigenvalue weighted by Crippen LogP contribution is -2.39. The monoisotopic (exact) mass is 334 g/mol. The largest absolute Gasteiger partial charge is 0.360 e. The Morgan fingerprint density at radius 1 is 0.960 bits per heavy atom. The number of amides is 1. The van der Waals surface area contributed by atoms with E-state index >= 15 is 0 Å². The fourth-order valence-electron chi connectivity index (χ4n) is 2.95. The van der Waals surface area contributed by atoms with E-state index in [1.165, 1.54) is 12.1 Å². The number of benzene rings is 2. The summed E-state index contributed by atoms with van der Waals surface area (Å²) in [5.74, 6) is -0.143. The molecule has 3 aromatic rings. The first-order valence-electron chi connectivity index (χ1n) is 7.72. The van der Waals surface area contributed by atoms with Crippen molar-refractivity contribution in [2.45, 2.75) is 6.17 Å². The van der Waals surface area contributed by atoms with Gasteiger partial charge in [0.05, 0.1) is 16.2 Å². The molecule has 7 heteroatoms. The van der Waals surface area contributed by atoms with Gasteiger partial charge in [0.15, 0.2) is 0 Å². The maximum atomic E-state index is 12.3. The summed E-state index contributed by atoms with van der Waals surface area (Å²) in [5, 5.41) is 17.1. The second-order valence-electron chi connectivity index (χ2n) is 5.67. The van der Waals surface area contributed by atoms with Gasteiger partial charge >= 0.3 is 0 Å². The number of nitro benzene ring substituents is 1. The molecule has 0 radical (unpaired) electrons. The van der Waals surface area contributed by atoms with Crippen molar-refractivity contribution >= 4 is 17.3 Å². The van der Waals surface area contributed by atoms with E-state index in [0.717, 1.165) is 17.1 Å². The lowest BCUT2D eigenvalue weighted by atomic mass is 10.1. The molecule has 2 heterocycles. The minimum Gasteiger partial charge on any atom is -0.360 e. The van der Waals surface area contributed by atoms with Gasteiger partial charge in [-0.1, -0.05) is 12.1 Å². The van der Waals surface area contributed by atoms with Crippen LogP contribution in [0.25, 0.3) is 5.69 Å². The molecule has 1 aliphatic rings. The van der Waals surface area contributed by atoms with Crippen LogP contribution in [0.3, 0.4) is 0 Å². The van der Waals surface area contributed by atoms with Crippen molar-refractivity contribution in [1.29, 1.82) is 0 Å². The summed E-state index contributed by atoms with van der Waals surface area (Å²) < 4.78 is 1.88. The second kappa shape index (κ2) is 5.79. The van der Waals surface area contributed by atoms with E-state index in [-0.39, 0.29) is 11.6 Å². The summed E-state index contributed by atoms with van der Waals surface area (Å²) in [5.41, 5.74) is 3.02. The highest BCUT2D eigenvalue weighted by molar-refractivity contribution is 6.01. The van der Waals surface area contributed by atoms with Crippen molar-refractivity contribution in [3.63, 3.8) is 0 Å². The normalized spacial score (nSPS) is 15.8. The number of carbonyl (C=O) groups is 1. The van der Waals surface area contributed by atoms with Crippen LogP contribution >= 0.6 is 0 Å². The van der Waals surface area contributed by atoms with Gasteiger partial charge in [-0.05, 0) is 36.4 Å². The molecule has 7 nitrogen and oxygen atoms in total. The lowest BCUT2D eigenvalue weighted by Gasteiger charge is -2.28. The average molecular weight is 334 g/mol. The molecular formula is C18H14N4O3. The van der Waals surface area contributed by atoms with Gasteiger partial charge < -0.3 is 15.2 Å². The molecule has 1 atom stereocenters. The first-order valence-corrected chi connectivity index (χ1v) is 7.72. The Kier molecular flexibility index (Phi) is 3.46. The molecule has 25 heavy (non-hydrogen) atoms. The zero-order valence-electron chi connectivity index (χ0n) is 13.0. The maximum absolute atomic E-state index is 12.3. The summed E-state index contributed by atoms with van der Waals surface area (Å²) in [7, 11) is 0. The number of anilines is 1. The minimum absolute atomic E-state index is 0.0375. The fraction of sp³-hybridized carbons (Fsp3) is 0.0556. The van der Waals surface area contributed by atoms with Gasteiger partial charge in [-0.15, -0.1) is 0 Å². The summed E-state index contributed by atoms with van der Waals surface area (Å²) in [6.45, 7) is 0. The highest BCUT2D eigenvalue weighted by atomic mass is 16.6. The molecule has 4 rings (SSSR count). The van der Waals surface area contributed by atoms with Crippen LogP contribution in [0.2, 0.25) is 0 Å². The Bertz CT molecular complexity index is 962. The topological polar surface area (TPSA) is 89.2 Å². The summed E-state index contributed by atoms with van der Waals surface area (Å²) >= 11 is 0. The van der Waals surface area contributed by atoms with Gasteiger partial charge in [0, 0.05) is 29.7 Å². The number of hydrogen-bond acceptors (Lipinski definition) is 4. The van der Waals surface area contributed by atoms with Crippen molar-refractivity contribution < 1.29 is 9.72 Å². The van der Waals surface area contributed by atoms with Gasteiger partial charge in [-0.2, -0.15) is 0 Å². The molecule has 0 bridgehead atoms. The van der Waals surface area contributed by atoms with E-state index in [4.69, 9.17) is 0 Å². The van der Waals surface area contributed by atoms with Crippen LogP contribution in [0.4, 0.5) is 11.4 Å². The van der Waals surface area contributed by atoms with E-state index in [1.807, 2.05) is 41.1 Å². The molecule has 2 N–H and O–H groups in total. The third-order valence-electron chi connectivity index (χ3n) is 4.16. The summed E-state index contributed by atoms with van der Waals surface area (Å²) in [4.78, 5) is 22.7. The fourth-order valence-corrected chi connectivity index (χ4v) is 2.95. The number of rotatable bonds is 3. The quantitative estimate of drug-likeness (QED) is 0.568. The molecular weight excluding hydrogens is 320 g/mol. The number of nitrogens with one attached hydrogen (secondary N) is 2. The lowest BCUT2D eigenvalue weighted by molar-refractivity contribution is -0.384. The number of nitrogens with zero attached hydrogens (tertiary/aromatic N) is 2. The van der Waals surface area contributed by atoms with Crippen LogP contribution in [0, 0.1) is 10.1 Å². The van der Waals surface area contributed by atoms with Crippen LogP contribution in [0.15, 0.2) is 66.9 Å². The summed E-state index contributed by atoms with van der Waals surface area (Å²) in [6.07, 6.45) is 1.46. The second-order valence-corrected chi connectivity index (χ2v) is 5.67. The molecule has 0 unspecified atom stereocenters. The molecule has 0 aliphatic carbocycles. The van der Waals surface area contributed by atoms with Gasteiger partial charge in [0.25, 0.3) is 11.6 Å². The Labute approximate surface area is 143 Å². The third kappa shape index (κ3) is 2.61. The average Bonchev–Trinajstić information content (AvgIpc) is 3.11. The van der Waals surface area contributed by atoms with Crippen molar-refractivity contribution in [2.24, 2.45) is 0 Å². The first kappa shape index (κ1) is 14.9. The predicted octanol–water partition coefficient (Wildman–Crippen LogP) is 3.24. The van der Waals surface area contributed by atoms with Crippen molar-refractivity contribution in [3.05, 3.63) is 88.2 Å². The SMILES string of the molecule is O=C1N[C@@H](c2cccn2-c2ccc([N+](=O)[O-])cc2)Nc2ccccc21. The van der Waals surface area contributed by atoms with Gasteiger partial charge in [0.1, 0.15) is 6.17 Å². The first-order chi connectivity index (χ1) is 12.1. The molecule has 0 spiro atoms. The van der Waals surface area contributed by atoms with Crippen molar-refractivity contribution in [1.82, 2.24) is 9.88 Å². The van der Waals surface area contributed by atoms with Crippen LogP contribution in [0.5, 0.6) is 0 Å². The zero-order valence-corrected chi connectivity index (χ0v) is 13.0. The maximum Gasteiger partial charge on any atom is 0.269 e. The molecule has 2 aromatic carbocycles. The number of nitro groups is 1. The highest BCUT2D eigenvalue weighted by Gasteiger charge is 2.26. The number of hydrogen-bond donors (Lipinski definition) is 2. The molecule has 124 valence electrons. The smallest absolute Gasteiger partial charge is 0.269 e. The minimum atomic E-state index is -0.430. The molecule has 0 saturated carbocycles. The Hall–Kier alpha value is -3.61. The number of fused-ring (bicyclic) bond motifs is 1. The van der Waals surface area contributed by atoms with Crippen molar-refractivity contribution in [3.8, 4) is 5.69 Å². The number of carbonyl (C=O) groups excluding carboxylic acids is 1. The third-order valence-corrected chi connectivity index (χ3v) is 4.16. The Morgan fingerprint density at radius 3 is 2.48 bits per heavy atom. The van der Waals surface area contributed by atoms with Crippen molar-refractivity contribution in [2.75, 3.05) is 5.32 Å². The van der Waals surface area contributed by atoms with Crippen LogP contribution in [0.1, 0.15) is 22.2 Å². The number of para-hydroxylation sites is 1. The van der Waals surface area contributed by atoms with Gasteiger partial charge in [0.2, 0.25) is 0 Å². The molecule has 1 amide bonds. The van der Waals surface area contributed by atoms with Crippen LogP contribution < -0.4 is 10.6 Å². The highest BCUT2D eigenvalue weighted by Crippen LogP contribution is 2.28. The van der Waals surface area contributed by atoms with E-state index in [1.54, 1.807) is 18.2 Å².